The van der Waals surface area contributed by atoms with Crippen molar-refractivity contribution in [3.05, 3.63) is 69.7 Å². The van der Waals surface area contributed by atoms with Gasteiger partial charge in [-0.3, -0.25) is 4.79 Å². The van der Waals surface area contributed by atoms with Gasteiger partial charge >= 0.3 is 0 Å². The van der Waals surface area contributed by atoms with E-state index in [0.29, 0.717) is 15.6 Å². The second-order valence-electron chi connectivity index (χ2n) is 7.12. The van der Waals surface area contributed by atoms with Gasteiger partial charge in [-0.15, -0.1) is 0 Å². The van der Waals surface area contributed by atoms with E-state index in [-0.39, 0.29) is 17.5 Å². The summed E-state index contributed by atoms with van der Waals surface area (Å²) in [5.74, 6) is -0.234. The molecule has 0 heterocycles. The average Bonchev–Trinajstić information content (AvgIpc) is 3.11. The van der Waals surface area contributed by atoms with E-state index in [1.54, 1.807) is 18.2 Å². The normalized spacial score (nSPS) is 17.3. The van der Waals surface area contributed by atoms with Crippen LogP contribution in [0, 0.1) is 0 Å². The summed E-state index contributed by atoms with van der Waals surface area (Å²) in [4.78, 5) is 15.3. The fourth-order valence-electron chi connectivity index (χ4n) is 4.07. The lowest BCUT2D eigenvalue weighted by atomic mass is 9.82. The van der Waals surface area contributed by atoms with Gasteiger partial charge in [0.05, 0.1) is 21.7 Å². The van der Waals surface area contributed by atoms with Gasteiger partial charge in [0.1, 0.15) is 0 Å². The molecule has 2 aromatic carbocycles. The van der Waals surface area contributed by atoms with Crippen LogP contribution in [0.15, 0.2) is 48.5 Å². The molecule has 1 atom stereocenters. The second-order valence-corrected chi connectivity index (χ2v) is 7.93. The fourth-order valence-corrected chi connectivity index (χ4v) is 4.64. The molecular weight excluding hydrogens is 367 g/mol. The third kappa shape index (κ3) is 3.62. The highest BCUT2D eigenvalue weighted by Crippen LogP contribution is 2.43. The molecule has 1 N–H and O–H groups in total. The summed E-state index contributed by atoms with van der Waals surface area (Å²) < 4.78 is 0. The molecule has 1 fully saturated rings. The molecule has 3 rings (SSSR count). The van der Waals surface area contributed by atoms with Crippen LogP contribution in [0.3, 0.4) is 0 Å². The van der Waals surface area contributed by atoms with Gasteiger partial charge in [0.15, 0.2) is 0 Å². The molecule has 1 aliphatic carbocycles. The largest absolute Gasteiger partial charge is 0.343 e. The number of rotatable bonds is 5. The highest BCUT2D eigenvalue weighted by molar-refractivity contribution is 6.39. The Bertz CT molecular complexity index is 751. The monoisotopic (exact) mass is 390 g/mol. The van der Waals surface area contributed by atoms with Crippen LogP contribution >= 0.6 is 23.2 Å². The van der Waals surface area contributed by atoms with E-state index in [2.05, 4.69) is 36.4 Å². The molecule has 138 valence electrons. The van der Waals surface area contributed by atoms with Crippen molar-refractivity contribution in [2.24, 2.45) is 0 Å². The first-order valence-electron chi connectivity index (χ1n) is 8.93. The third-order valence-corrected chi connectivity index (χ3v) is 6.13. The van der Waals surface area contributed by atoms with Gasteiger partial charge < -0.3 is 10.2 Å². The molecule has 0 aromatic heterocycles. The van der Waals surface area contributed by atoms with Crippen LogP contribution in [-0.2, 0) is 0 Å². The van der Waals surface area contributed by atoms with E-state index in [0.717, 1.165) is 31.2 Å². The SMILES string of the molecule is CN(C)C1(C(NC(=O)c2c(Cl)cccc2Cl)c2ccccc2)CCCC1. The second kappa shape index (κ2) is 7.99. The predicted octanol–water partition coefficient (Wildman–Crippen LogP) is 5.34. The number of nitrogens with one attached hydrogen (secondary N) is 1. The van der Waals surface area contributed by atoms with Crippen molar-refractivity contribution in [1.29, 1.82) is 0 Å². The number of carbonyl (C=O) groups is 1. The summed E-state index contributed by atoms with van der Waals surface area (Å²) in [5.41, 5.74) is 1.31. The zero-order chi connectivity index (χ0) is 18.7. The van der Waals surface area contributed by atoms with Crippen LogP contribution in [0.2, 0.25) is 10.0 Å². The van der Waals surface area contributed by atoms with E-state index in [9.17, 15) is 4.79 Å². The van der Waals surface area contributed by atoms with Crippen LogP contribution in [0.4, 0.5) is 0 Å². The molecule has 0 bridgehead atoms. The maximum atomic E-state index is 13.1. The van der Waals surface area contributed by atoms with Gasteiger partial charge in [0.2, 0.25) is 0 Å². The molecule has 5 heteroatoms. The van der Waals surface area contributed by atoms with Crippen LogP contribution in [0.1, 0.15) is 47.6 Å². The van der Waals surface area contributed by atoms with E-state index in [1.165, 1.54) is 0 Å². The Labute approximate surface area is 165 Å². The summed E-state index contributed by atoms with van der Waals surface area (Å²) in [6, 6.07) is 15.1. The van der Waals surface area contributed by atoms with E-state index < -0.39 is 0 Å². The standard InChI is InChI=1S/C21H24Cl2N2O/c1-25(2)21(13-6-7-14-21)19(15-9-4-3-5-10-15)24-20(26)18-16(22)11-8-12-17(18)23/h3-5,8-12,19H,6-7,13-14H2,1-2H3,(H,24,26). The Balaban J connectivity index is 2.01. The lowest BCUT2D eigenvalue weighted by Crippen LogP contribution is -2.53. The van der Waals surface area contributed by atoms with Gasteiger partial charge in [-0.1, -0.05) is 72.4 Å². The Morgan fingerprint density at radius 3 is 2.12 bits per heavy atom. The smallest absolute Gasteiger partial charge is 0.254 e. The number of hydrogen-bond acceptors (Lipinski definition) is 2. The number of amides is 1. The maximum absolute atomic E-state index is 13.1. The average molecular weight is 391 g/mol. The minimum atomic E-state index is -0.234. The van der Waals surface area contributed by atoms with Crippen molar-refractivity contribution in [2.75, 3.05) is 14.1 Å². The van der Waals surface area contributed by atoms with Gasteiger partial charge in [0, 0.05) is 5.54 Å². The molecule has 1 amide bonds. The predicted molar refractivity (Wildman–Crippen MR) is 108 cm³/mol. The molecule has 26 heavy (non-hydrogen) atoms. The first-order chi connectivity index (χ1) is 12.5. The highest BCUT2D eigenvalue weighted by atomic mass is 35.5. The first-order valence-corrected chi connectivity index (χ1v) is 9.68. The number of benzene rings is 2. The maximum Gasteiger partial charge on any atom is 0.254 e. The molecule has 0 aliphatic heterocycles. The lowest BCUT2D eigenvalue weighted by Gasteiger charge is -2.44. The molecule has 3 nitrogen and oxygen atoms in total. The van der Waals surface area contributed by atoms with Crippen LogP contribution in [0.5, 0.6) is 0 Å². The molecule has 0 radical (unpaired) electrons. The molecule has 2 aromatic rings. The summed E-state index contributed by atoms with van der Waals surface area (Å²) in [5, 5.41) is 3.98. The quantitative estimate of drug-likeness (QED) is 0.746. The van der Waals surface area contributed by atoms with Gasteiger partial charge in [-0.25, -0.2) is 0 Å². The zero-order valence-corrected chi connectivity index (χ0v) is 16.6. The topological polar surface area (TPSA) is 32.3 Å². The van der Waals surface area contributed by atoms with E-state index in [1.807, 2.05) is 18.2 Å². The summed E-state index contributed by atoms with van der Waals surface area (Å²) in [7, 11) is 4.19. The Hall–Kier alpha value is -1.55. The van der Waals surface area contributed by atoms with Gasteiger partial charge in [-0.05, 0) is 44.6 Å². The Morgan fingerprint density at radius 1 is 1.00 bits per heavy atom. The van der Waals surface area contributed by atoms with Crippen LogP contribution in [0.25, 0.3) is 0 Å². The zero-order valence-electron chi connectivity index (χ0n) is 15.1. The fraction of sp³-hybridized carbons (Fsp3) is 0.381. The number of hydrogen-bond donors (Lipinski definition) is 1. The van der Waals surface area contributed by atoms with Crippen molar-refractivity contribution < 1.29 is 4.79 Å². The molecule has 1 unspecified atom stereocenters. The number of carbonyl (C=O) groups excluding carboxylic acids is 1. The van der Waals surface area contributed by atoms with Gasteiger partial charge in [-0.2, -0.15) is 0 Å². The van der Waals surface area contributed by atoms with Crippen LogP contribution in [-0.4, -0.2) is 30.4 Å². The summed E-state index contributed by atoms with van der Waals surface area (Å²) in [6.07, 6.45) is 4.39. The molecule has 0 spiro atoms. The van der Waals surface area contributed by atoms with E-state index >= 15 is 0 Å². The van der Waals surface area contributed by atoms with Crippen molar-refractivity contribution in [1.82, 2.24) is 10.2 Å². The van der Waals surface area contributed by atoms with E-state index in [4.69, 9.17) is 23.2 Å². The van der Waals surface area contributed by atoms with Crippen molar-refractivity contribution in [3.8, 4) is 0 Å². The number of halogens is 2. The Kier molecular flexibility index (Phi) is 5.91. The van der Waals surface area contributed by atoms with Crippen molar-refractivity contribution in [2.45, 2.75) is 37.3 Å². The summed E-state index contributed by atoms with van der Waals surface area (Å²) in [6.45, 7) is 0. The first kappa shape index (κ1) is 19.2. The minimum absolute atomic E-state index is 0.120. The molecule has 1 aliphatic rings. The number of likely N-dealkylation sites (N-methyl/N-ethyl adjacent to an activating group) is 1. The third-order valence-electron chi connectivity index (χ3n) is 5.50. The summed E-state index contributed by atoms with van der Waals surface area (Å²) >= 11 is 12.5. The van der Waals surface area contributed by atoms with Gasteiger partial charge in [0.25, 0.3) is 5.91 Å². The molecular formula is C21H24Cl2N2O. The molecule has 0 saturated heterocycles. The van der Waals surface area contributed by atoms with Crippen LogP contribution < -0.4 is 5.32 Å². The lowest BCUT2D eigenvalue weighted by molar-refractivity contribution is 0.0766. The molecule has 1 saturated carbocycles. The Morgan fingerprint density at radius 2 is 1.58 bits per heavy atom. The van der Waals surface area contributed by atoms with Crippen molar-refractivity contribution >= 4 is 29.1 Å². The number of nitrogens with zero attached hydrogens (tertiary/aromatic N) is 1. The minimum Gasteiger partial charge on any atom is -0.343 e. The highest BCUT2D eigenvalue weighted by Gasteiger charge is 2.44. The van der Waals surface area contributed by atoms with Crippen molar-refractivity contribution in [3.63, 3.8) is 0 Å².